The van der Waals surface area contributed by atoms with E-state index in [-0.39, 0.29) is 16.2 Å². The zero-order chi connectivity index (χ0) is 44.3. The van der Waals surface area contributed by atoms with E-state index in [9.17, 15) is 0 Å². The number of benzene rings is 8. The topological polar surface area (TPSA) is 3.24 Å². The summed E-state index contributed by atoms with van der Waals surface area (Å²) in [6.07, 6.45) is 7.09. The van der Waals surface area contributed by atoms with Crippen molar-refractivity contribution in [1.82, 2.24) is 0 Å². The highest BCUT2D eigenvalue weighted by Crippen LogP contribution is 2.61. The van der Waals surface area contributed by atoms with E-state index in [1.54, 1.807) is 0 Å². The second kappa shape index (κ2) is 14.5. The zero-order valence-corrected chi connectivity index (χ0v) is 38.9. The molecule has 1 heteroatoms. The van der Waals surface area contributed by atoms with E-state index in [4.69, 9.17) is 0 Å². The first kappa shape index (κ1) is 40.1. The molecule has 8 aromatic carbocycles. The summed E-state index contributed by atoms with van der Waals surface area (Å²) in [6, 6.07) is 68.2. The van der Waals surface area contributed by atoms with Crippen molar-refractivity contribution >= 4 is 17.1 Å². The van der Waals surface area contributed by atoms with Gasteiger partial charge in [0.05, 0.1) is 11.1 Å². The molecule has 4 aliphatic carbocycles. The number of fused-ring (bicyclic) bond motifs is 8. The van der Waals surface area contributed by atoms with Crippen molar-refractivity contribution < 1.29 is 0 Å². The highest BCUT2D eigenvalue weighted by atomic mass is 15.1. The van der Waals surface area contributed by atoms with Gasteiger partial charge in [0.15, 0.2) is 0 Å². The average molecular weight is 842 g/mol. The summed E-state index contributed by atoms with van der Waals surface area (Å²) in [5.41, 5.74) is 25.0. The van der Waals surface area contributed by atoms with E-state index in [0.29, 0.717) is 0 Å². The molecule has 0 aliphatic heterocycles. The number of anilines is 3. The second-order valence-electron chi connectivity index (χ2n) is 21.3. The van der Waals surface area contributed by atoms with Gasteiger partial charge in [-0.3, -0.25) is 0 Å². The molecule has 12 rings (SSSR count). The zero-order valence-electron chi connectivity index (χ0n) is 38.9. The molecule has 0 fully saturated rings. The Balaban J connectivity index is 1.23. The molecular weight excluding hydrogens is 783 g/mol. The SMILES string of the molecule is CC1(C)CCC(C)(C)c2c(-c3cc4c(cc3N(c3ccc5c(c3)CCCC5)c3ccc5c(c3)C(C)(C)c3ccccc3-5)C(c3ccccc3)(c3ccccc3)c3ccccc3-4)cccc21. The Labute approximate surface area is 386 Å². The van der Waals surface area contributed by atoms with Gasteiger partial charge in [-0.2, -0.15) is 0 Å². The molecule has 0 saturated carbocycles. The maximum absolute atomic E-state index is 2.66. The van der Waals surface area contributed by atoms with E-state index in [2.05, 4.69) is 222 Å². The molecule has 0 atom stereocenters. The van der Waals surface area contributed by atoms with Gasteiger partial charge < -0.3 is 4.90 Å². The van der Waals surface area contributed by atoms with Gasteiger partial charge in [-0.1, -0.05) is 181 Å². The number of nitrogens with zero attached hydrogens (tertiary/aromatic N) is 1. The molecule has 0 unspecified atom stereocenters. The van der Waals surface area contributed by atoms with E-state index in [0.717, 1.165) is 19.3 Å². The molecule has 320 valence electrons. The summed E-state index contributed by atoms with van der Waals surface area (Å²) in [6.45, 7) is 14.7. The summed E-state index contributed by atoms with van der Waals surface area (Å²) in [5, 5.41) is 0. The fourth-order valence-corrected chi connectivity index (χ4v) is 12.9. The normalized spacial score (nSPS) is 17.5. The molecule has 0 amide bonds. The van der Waals surface area contributed by atoms with Gasteiger partial charge in [-0.05, 0) is 169 Å². The Kier molecular flexibility index (Phi) is 8.97. The minimum Gasteiger partial charge on any atom is -0.310 e. The minimum absolute atomic E-state index is 0.00645. The van der Waals surface area contributed by atoms with Crippen molar-refractivity contribution in [2.24, 2.45) is 0 Å². The number of hydrogen-bond acceptors (Lipinski definition) is 1. The summed E-state index contributed by atoms with van der Waals surface area (Å²) in [7, 11) is 0. The van der Waals surface area contributed by atoms with Crippen molar-refractivity contribution in [3.8, 4) is 33.4 Å². The fraction of sp³-hybridized carbons (Fsp3) is 0.250. The minimum atomic E-state index is -0.539. The molecule has 0 N–H and O–H groups in total. The Morgan fingerprint density at radius 2 is 0.923 bits per heavy atom. The molecule has 8 aromatic rings. The van der Waals surface area contributed by atoms with Crippen LogP contribution in [-0.4, -0.2) is 0 Å². The predicted molar refractivity (Wildman–Crippen MR) is 273 cm³/mol. The van der Waals surface area contributed by atoms with Crippen LogP contribution < -0.4 is 4.90 Å². The summed E-state index contributed by atoms with van der Waals surface area (Å²) in [4.78, 5) is 2.66. The van der Waals surface area contributed by atoms with Crippen LogP contribution in [0.15, 0.2) is 176 Å². The quantitative estimate of drug-likeness (QED) is 0.161. The monoisotopic (exact) mass is 841 g/mol. The van der Waals surface area contributed by atoms with Crippen LogP contribution in [0, 0.1) is 0 Å². The van der Waals surface area contributed by atoms with Crippen LogP contribution in [0.3, 0.4) is 0 Å². The molecule has 0 spiro atoms. The molecule has 4 aliphatic rings. The van der Waals surface area contributed by atoms with E-state index < -0.39 is 5.41 Å². The molecule has 1 nitrogen and oxygen atoms in total. The first-order valence-electron chi connectivity index (χ1n) is 24.2. The highest BCUT2D eigenvalue weighted by molar-refractivity contribution is 5.98. The van der Waals surface area contributed by atoms with Gasteiger partial charge in [-0.25, -0.2) is 0 Å². The largest absolute Gasteiger partial charge is 0.310 e. The van der Waals surface area contributed by atoms with E-state index >= 15 is 0 Å². The van der Waals surface area contributed by atoms with Crippen LogP contribution in [0.25, 0.3) is 33.4 Å². The standard InChI is InChI=1S/C64H59N/c1-61(2)36-37-62(3,4)60-51(28-19-31-56(60)61)53-40-52-49-27-16-18-30-55(49)64(44-22-9-7-10-23-44,45-24-11-8-12-25-45)58(52)41-59(53)65(46-33-32-42-20-13-14-21-43(42)38-46)47-34-35-50-48-26-15-17-29-54(48)63(5,6)57(50)39-47/h7-12,15-19,22-35,38-41H,13-14,20-21,36-37H2,1-6H3. The second-order valence-corrected chi connectivity index (χ2v) is 21.3. The van der Waals surface area contributed by atoms with Crippen LogP contribution >= 0.6 is 0 Å². The van der Waals surface area contributed by atoms with Crippen LogP contribution in [0.5, 0.6) is 0 Å². The molecule has 65 heavy (non-hydrogen) atoms. The van der Waals surface area contributed by atoms with Crippen LogP contribution in [0.1, 0.15) is 123 Å². The third kappa shape index (κ3) is 5.90. The lowest BCUT2D eigenvalue weighted by Gasteiger charge is -2.43. The van der Waals surface area contributed by atoms with Crippen LogP contribution in [0.4, 0.5) is 17.1 Å². The average Bonchev–Trinajstić information content (AvgIpc) is 3.75. The third-order valence-corrected chi connectivity index (χ3v) is 16.4. The molecule has 0 saturated heterocycles. The van der Waals surface area contributed by atoms with Crippen molar-refractivity contribution in [2.75, 3.05) is 4.90 Å². The van der Waals surface area contributed by atoms with E-state index in [1.807, 2.05) is 0 Å². The highest BCUT2D eigenvalue weighted by Gasteiger charge is 2.48. The van der Waals surface area contributed by atoms with Gasteiger partial charge >= 0.3 is 0 Å². The van der Waals surface area contributed by atoms with Crippen LogP contribution in [-0.2, 0) is 34.5 Å². The lowest BCUT2D eigenvalue weighted by molar-refractivity contribution is 0.333. The van der Waals surface area contributed by atoms with Crippen molar-refractivity contribution in [3.63, 3.8) is 0 Å². The Hall–Kier alpha value is -6.44. The lowest BCUT2D eigenvalue weighted by Crippen LogP contribution is -2.34. The maximum Gasteiger partial charge on any atom is 0.0714 e. The predicted octanol–water partition coefficient (Wildman–Crippen LogP) is 16.7. The maximum atomic E-state index is 2.66. The summed E-state index contributed by atoms with van der Waals surface area (Å²) >= 11 is 0. The number of hydrogen-bond donors (Lipinski definition) is 0. The molecule has 0 radical (unpaired) electrons. The third-order valence-electron chi connectivity index (χ3n) is 16.4. The Morgan fingerprint density at radius 3 is 1.65 bits per heavy atom. The Bertz CT molecular complexity index is 3140. The van der Waals surface area contributed by atoms with Crippen molar-refractivity contribution in [1.29, 1.82) is 0 Å². The molecular formula is C64H59N. The fourth-order valence-electron chi connectivity index (χ4n) is 12.9. The first-order chi connectivity index (χ1) is 31.5. The van der Waals surface area contributed by atoms with Crippen LogP contribution in [0.2, 0.25) is 0 Å². The summed E-state index contributed by atoms with van der Waals surface area (Å²) < 4.78 is 0. The molecule has 0 aromatic heterocycles. The Morgan fingerprint density at radius 1 is 0.369 bits per heavy atom. The van der Waals surface area contributed by atoms with Gasteiger partial charge in [0.25, 0.3) is 0 Å². The molecule has 0 heterocycles. The van der Waals surface area contributed by atoms with Crippen molar-refractivity contribution in [3.05, 3.63) is 232 Å². The van der Waals surface area contributed by atoms with Gasteiger partial charge in [0, 0.05) is 22.4 Å². The number of rotatable bonds is 6. The van der Waals surface area contributed by atoms with Gasteiger partial charge in [0.1, 0.15) is 0 Å². The first-order valence-corrected chi connectivity index (χ1v) is 24.2. The van der Waals surface area contributed by atoms with Gasteiger partial charge in [0.2, 0.25) is 0 Å². The van der Waals surface area contributed by atoms with Crippen molar-refractivity contribution in [2.45, 2.75) is 102 Å². The smallest absolute Gasteiger partial charge is 0.0714 e. The molecule has 0 bridgehead atoms. The van der Waals surface area contributed by atoms with Gasteiger partial charge in [-0.15, -0.1) is 0 Å². The van der Waals surface area contributed by atoms with E-state index in [1.165, 1.54) is 125 Å². The number of aryl methyl sites for hydroxylation is 2. The lowest BCUT2D eigenvalue weighted by atomic mass is 9.61. The summed E-state index contributed by atoms with van der Waals surface area (Å²) in [5.74, 6) is 0.